The van der Waals surface area contributed by atoms with Crippen LogP contribution in [0.4, 0.5) is 4.39 Å². The van der Waals surface area contributed by atoms with Crippen LogP contribution >= 0.6 is 11.6 Å². The maximum atomic E-state index is 13.9. The van der Waals surface area contributed by atoms with Gasteiger partial charge in [0.25, 0.3) is 0 Å². The highest BCUT2D eigenvalue weighted by molar-refractivity contribution is 7.89. The van der Waals surface area contributed by atoms with E-state index in [2.05, 4.69) is 0 Å². The lowest BCUT2D eigenvalue weighted by Gasteiger charge is -2.35. The molecule has 1 aliphatic heterocycles. The molecule has 1 aromatic carbocycles. The van der Waals surface area contributed by atoms with Crippen LogP contribution in [-0.2, 0) is 14.8 Å². The molecule has 1 amide bonds. The van der Waals surface area contributed by atoms with Gasteiger partial charge in [0.2, 0.25) is 15.9 Å². The van der Waals surface area contributed by atoms with Crippen LogP contribution in [0.2, 0.25) is 5.02 Å². The summed E-state index contributed by atoms with van der Waals surface area (Å²) in [5.41, 5.74) is 0. The summed E-state index contributed by atoms with van der Waals surface area (Å²) in [6.07, 6.45) is 1.06. The van der Waals surface area contributed by atoms with Crippen molar-refractivity contribution in [1.82, 2.24) is 9.21 Å². The minimum absolute atomic E-state index is 0.0130. The fraction of sp³-hybridized carbons (Fsp3) is 0.500. The molecule has 0 N–H and O–H groups in total. The Kier molecular flexibility index (Phi) is 5.09. The van der Waals surface area contributed by atoms with E-state index in [1.807, 2.05) is 0 Å². The number of amides is 1. The summed E-state index contributed by atoms with van der Waals surface area (Å²) >= 11 is 5.65. The van der Waals surface area contributed by atoms with E-state index in [-0.39, 0.29) is 35.0 Å². The maximum absolute atomic E-state index is 13.9. The fourth-order valence-corrected chi connectivity index (χ4v) is 4.22. The summed E-state index contributed by atoms with van der Waals surface area (Å²) in [7, 11) is -2.18. The standard InChI is InChI=1S/C14H18ClFN2O3S/c1-10(19)17(2)12-5-7-18(8-6-12)22(20,21)14-4-3-11(15)9-13(14)16/h3-4,9,12H,5-8H2,1-2H3. The number of carbonyl (C=O) groups is 1. The Bertz CT molecular complexity index is 673. The second kappa shape index (κ2) is 6.52. The number of sulfonamides is 1. The molecule has 0 aliphatic carbocycles. The first kappa shape index (κ1) is 17.2. The molecule has 0 radical (unpaired) electrons. The number of nitrogens with zero attached hydrogens (tertiary/aromatic N) is 2. The average molecular weight is 349 g/mol. The summed E-state index contributed by atoms with van der Waals surface area (Å²) in [6, 6.07) is 3.54. The van der Waals surface area contributed by atoms with Gasteiger partial charge in [-0.2, -0.15) is 4.31 Å². The summed E-state index contributed by atoms with van der Waals surface area (Å²) in [5.74, 6) is -0.902. The molecular weight excluding hydrogens is 331 g/mol. The third-order valence-corrected chi connectivity index (χ3v) is 6.15. The molecule has 122 valence electrons. The van der Waals surface area contributed by atoms with Crippen LogP contribution in [0.15, 0.2) is 23.1 Å². The van der Waals surface area contributed by atoms with Crippen molar-refractivity contribution in [3.05, 3.63) is 29.0 Å². The first-order valence-corrected chi connectivity index (χ1v) is 8.74. The third-order valence-electron chi connectivity index (χ3n) is 3.98. The van der Waals surface area contributed by atoms with Crippen molar-refractivity contribution in [2.75, 3.05) is 20.1 Å². The molecule has 2 rings (SSSR count). The van der Waals surface area contributed by atoms with E-state index in [0.717, 1.165) is 6.07 Å². The molecule has 1 aromatic rings. The number of hydrogen-bond donors (Lipinski definition) is 0. The smallest absolute Gasteiger partial charge is 0.245 e. The van der Waals surface area contributed by atoms with E-state index in [0.29, 0.717) is 12.8 Å². The molecule has 1 aliphatic rings. The SMILES string of the molecule is CC(=O)N(C)C1CCN(S(=O)(=O)c2ccc(Cl)cc2F)CC1. The van der Waals surface area contributed by atoms with Gasteiger partial charge in [0.15, 0.2) is 0 Å². The van der Waals surface area contributed by atoms with Crippen LogP contribution in [0.3, 0.4) is 0 Å². The molecule has 0 unspecified atom stereocenters. The first-order chi connectivity index (χ1) is 10.2. The van der Waals surface area contributed by atoms with Gasteiger partial charge in [-0.1, -0.05) is 11.6 Å². The largest absolute Gasteiger partial charge is 0.343 e. The van der Waals surface area contributed by atoms with Gasteiger partial charge in [-0.3, -0.25) is 4.79 Å². The van der Waals surface area contributed by atoms with Crippen LogP contribution < -0.4 is 0 Å². The van der Waals surface area contributed by atoms with Crippen LogP contribution in [0, 0.1) is 5.82 Å². The second-order valence-electron chi connectivity index (χ2n) is 5.34. The molecular formula is C14H18ClFN2O3S. The van der Waals surface area contributed by atoms with Gasteiger partial charge in [-0.15, -0.1) is 0 Å². The topological polar surface area (TPSA) is 57.7 Å². The van der Waals surface area contributed by atoms with E-state index in [4.69, 9.17) is 11.6 Å². The van der Waals surface area contributed by atoms with Gasteiger partial charge in [-0.25, -0.2) is 12.8 Å². The van der Waals surface area contributed by atoms with Crippen LogP contribution in [0.5, 0.6) is 0 Å². The molecule has 0 aromatic heterocycles. The van der Waals surface area contributed by atoms with Crippen molar-refractivity contribution in [2.24, 2.45) is 0 Å². The molecule has 0 saturated carbocycles. The number of piperidine rings is 1. The zero-order chi connectivity index (χ0) is 16.5. The highest BCUT2D eigenvalue weighted by atomic mass is 35.5. The van der Waals surface area contributed by atoms with Crippen molar-refractivity contribution in [3.63, 3.8) is 0 Å². The van der Waals surface area contributed by atoms with Gasteiger partial charge in [0.05, 0.1) is 0 Å². The number of carbonyl (C=O) groups excluding carboxylic acids is 1. The van der Waals surface area contributed by atoms with E-state index in [1.165, 1.54) is 23.4 Å². The predicted molar refractivity (Wildman–Crippen MR) is 81.6 cm³/mol. The summed E-state index contributed by atoms with van der Waals surface area (Å²) < 4.78 is 40.1. The number of halogens is 2. The van der Waals surface area contributed by atoms with Crippen LogP contribution in [-0.4, -0.2) is 49.7 Å². The zero-order valence-corrected chi connectivity index (χ0v) is 14.0. The molecule has 1 saturated heterocycles. The second-order valence-corrected chi connectivity index (χ2v) is 7.68. The normalized spacial score (nSPS) is 17.5. The first-order valence-electron chi connectivity index (χ1n) is 6.92. The molecule has 1 fully saturated rings. The maximum Gasteiger partial charge on any atom is 0.245 e. The highest BCUT2D eigenvalue weighted by Crippen LogP contribution is 2.26. The highest BCUT2D eigenvalue weighted by Gasteiger charge is 2.32. The molecule has 0 spiro atoms. The molecule has 5 nitrogen and oxygen atoms in total. The quantitative estimate of drug-likeness (QED) is 0.840. The third kappa shape index (κ3) is 3.42. The monoisotopic (exact) mass is 348 g/mol. The molecule has 8 heteroatoms. The van der Waals surface area contributed by atoms with E-state index in [9.17, 15) is 17.6 Å². The number of benzene rings is 1. The molecule has 0 bridgehead atoms. The Balaban J connectivity index is 2.14. The Morgan fingerprint density at radius 2 is 1.95 bits per heavy atom. The molecule has 22 heavy (non-hydrogen) atoms. The fourth-order valence-electron chi connectivity index (χ4n) is 2.55. The van der Waals surface area contributed by atoms with E-state index in [1.54, 1.807) is 11.9 Å². The van der Waals surface area contributed by atoms with E-state index >= 15 is 0 Å². The van der Waals surface area contributed by atoms with Crippen molar-refractivity contribution in [3.8, 4) is 0 Å². The summed E-state index contributed by atoms with van der Waals surface area (Å²) in [6.45, 7) is 1.99. The Morgan fingerprint density at radius 3 is 2.45 bits per heavy atom. The Hall–Kier alpha value is -1.18. The number of hydrogen-bond acceptors (Lipinski definition) is 3. The lowest BCUT2D eigenvalue weighted by atomic mass is 10.1. The average Bonchev–Trinajstić information content (AvgIpc) is 2.46. The minimum atomic E-state index is -3.88. The molecule has 0 atom stereocenters. The number of rotatable bonds is 3. The van der Waals surface area contributed by atoms with Gasteiger partial charge >= 0.3 is 0 Å². The predicted octanol–water partition coefficient (Wildman–Crippen LogP) is 2.11. The Morgan fingerprint density at radius 1 is 1.36 bits per heavy atom. The minimum Gasteiger partial charge on any atom is -0.343 e. The van der Waals surface area contributed by atoms with Gasteiger partial charge in [-0.05, 0) is 31.0 Å². The summed E-state index contributed by atoms with van der Waals surface area (Å²) in [4.78, 5) is 12.6. The molecule has 1 heterocycles. The summed E-state index contributed by atoms with van der Waals surface area (Å²) in [5, 5.41) is 0.151. The van der Waals surface area contributed by atoms with Crippen molar-refractivity contribution >= 4 is 27.5 Å². The lowest BCUT2D eigenvalue weighted by Crippen LogP contribution is -2.46. The van der Waals surface area contributed by atoms with Crippen molar-refractivity contribution in [2.45, 2.75) is 30.7 Å². The van der Waals surface area contributed by atoms with Gasteiger partial charge in [0, 0.05) is 38.1 Å². The lowest BCUT2D eigenvalue weighted by molar-refractivity contribution is -0.130. The van der Waals surface area contributed by atoms with Gasteiger partial charge in [0.1, 0.15) is 10.7 Å². The van der Waals surface area contributed by atoms with Crippen LogP contribution in [0.25, 0.3) is 0 Å². The van der Waals surface area contributed by atoms with E-state index < -0.39 is 15.8 Å². The Labute approximate surface area is 134 Å². The zero-order valence-electron chi connectivity index (χ0n) is 12.4. The van der Waals surface area contributed by atoms with Crippen molar-refractivity contribution < 1.29 is 17.6 Å². The van der Waals surface area contributed by atoms with Crippen LogP contribution in [0.1, 0.15) is 19.8 Å². The van der Waals surface area contributed by atoms with Crippen molar-refractivity contribution in [1.29, 1.82) is 0 Å². The van der Waals surface area contributed by atoms with Gasteiger partial charge < -0.3 is 4.90 Å².